The fraction of sp³-hybridized carbons (Fsp3) is 0.190. The summed E-state index contributed by atoms with van der Waals surface area (Å²) in [5.41, 5.74) is 3.43. The lowest BCUT2D eigenvalue weighted by Gasteiger charge is -2.06. The summed E-state index contributed by atoms with van der Waals surface area (Å²) in [7, 11) is 0. The van der Waals surface area contributed by atoms with Gasteiger partial charge in [0.25, 0.3) is 0 Å². The Morgan fingerprint density at radius 2 is 1.88 bits per heavy atom. The van der Waals surface area contributed by atoms with Crippen molar-refractivity contribution >= 4 is 12.7 Å². The molecule has 3 rings (SSSR count). The van der Waals surface area contributed by atoms with Crippen molar-refractivity contribution in [2.75, 3.05) is 13.1 Å². The van der Waals surface area contributed by atoms with Crippen molar-refractivity contribution in [1.29, 1.82) is 0 Å². The number of carbonyl (C=O) groups is 1. The van der Waals surface area contributed by atoms with Gasteiger partial charge in [-0.1, -0.05) is 42.5 Å². The van der Waals surface area contributed by atoms with Gasteiger partial charge in [0.15, 0.2) is 0 Å². The molecular formula is C21H23N4O+. The molecule has 26 heavy (non-hydrogen) atoms. The van der Waals surface area contributed by atoms with Crippen molar-refractivity contribution in [3.63, 3.8) is 0 Å². The molecule has 5 nitrogen and oxygen atoms in total. The smallest absolute Gasteiger partial charge is 0.306 e. The average molecular weight is 347 g/mol. The molecule has 0 spiro atoms. The van der Waals surface area contributed by atoms with Crippen LogP contribution in [0, 0.1) is 0 Å². The number of urea groups is 1. The fourth-order valence-electron chi connectivity index (χ4n) is 2.72. The summed E-state index contributed by atoms with van der Waals surface area (Å²) >= 11 is 0. The lowest BCUT2D eigenvalue weighted by atomic mass is 10.1. The summed E-state index contributed by atoms with van der Waals surface area (Å²) in [6.45, 7) is 5.00. The number of nitrogens with one attached hydrogen (secondary N) is 1. The first-order valence-electron chi connectivity index (χ1n) is 8.69. The molecule has 0 aliphatic heterocycles. The van der Waals surface area contributed by atoms with Gasteiger partial charge in [0.05, 0.1) is 26.1 Å². The zero-order chi connectivity index (χ0) is 18.2. The molecule has 1 aromatic heterocycles. The summed E-state index contributed by atoms with van der Waals surface area (Å²) in [4.78, 5) is 16.2. The minimum Gasteiger partial charge on any atom is -0.306 e. The monoisotopic (exact) mass is 347 g/mol. The van der Waals surface area contributed by atoms with Crippen molar-refractivity contribution in [3.05, 3.63) is 84.4 Å². The first-order valence-corrected chi connectivity index (χ1v) is 8.69. The number of aromatic nitrogens is 2. The molecule has 2 amide bonds. The molecule has 2 aromatic carbocycles. The van der Waals surface area contributed by atoms with E-state index in [-0.39, 0.29) is 6.03 Å². The average Bonchev–Trinajstić information content (AvgIpc) is 3.22. The predicted molar refractivity (Wildman–Crippen MR) is 103 cm³/mol. The van der Waals surface area contributed by atoms with Gasteiger partial charge in [0.2, 0.25) is 0 Å². The first-order chi connectivity index (χ1) is 12.7. The van der Waals surface area contributed by atoms with Crippen molar-refractivity contribution < 1.29 is 9.37 Å². The predicted octanol–water partition coefficient (Wildman–Crippen LogP) is 3.08. The van der Waals surface area contributed by atoms with Crippen molar-refractivity contribution in [3.8, 4) is 5.69 Å². The van der Waals surface area contributed by atoms with Crippen molar-refractivity contribution in [2.24, 2.45) is 0 Å². The Balaban J connectivity index is 1.45. The van der Waals surface area contributed by atoms with Crippen LogP contribution >= 0.6 is 0 Å². The molecule has 0 saturated carbocycles. The van der Waals surface area contributed by atoms with Gasteiger partial charge in [0.1, 0.15) is 0 Å². The van der Waals surface area contributed by atoms with Crippen LogP contribution in [-0.4, -0.2) is 40.0 Å². The van der Waals surface area contributed by atoms with Gasteiger partial charge in [-0.25, -0.2) is 14.9 Å². The second-order valence-corrected chi connectivity index (χ2v) is 6.12. The number of hydrogen-bond donors (Lipinski definition) is 1. The third-order valence-corrected chi connectivity index (χ3v) is 4.20. The third-order valence-electron chi connectivity index (χ3n) is 4.20. The molecule has 0 unspecified atom stereocenters. The van der Waals surface area contributed by atoms with Crippen LogP contribution in [0.2, 0.25) is 0 Å². The molecule has 0 bridgehead atoms. The molecular weight excluding hydrogens is 324 g/mol. The molecule has 0 saturated heterocycles. The van der Waals surface area contributed by atoms with Crippen molar-refractivity contribution in [2.45, 2.75) is 12.8 Å². The highest BCUT2D eigenvalue weighted by molar-refractivity contribution is 5.66. The van der Waals surface area contributed by atoms with Crippen LogP contribution in [0.15, 0.2) is 73.3 Å². The van der Waals surface area contributed by atoms with Crippen LogP contribution in [0.25, 0.3) is 5.69 Å². The molecule has 1 N–H and O–H groups in total. The Kier molecular flexibility index (Phi) is 5.93. The van der Waals surface area contributed by atoms with Gasteiger partial charge < -0.3 is 4.57 Å². The fourth-order valence-corrected chi connectivity index (χ4v) is 2.72. The Morgan fingerprint density at radius 3 is 2.65 bits per heavy atom. The highest BCUT2D eigenvalue weighted by Gasteiger charge is 2.12. The second kappa shape index (κ2) is 8.76. The van der Waals surface area contributed by atoms with Gasteiger partial charge >= 0.3 is 6.03 Å². The van der Waals surface area contributed by atoms with Crippen LogP contribution in [0.1, 0.15) is 11.1 Å². The van der Waals surface area contributed by atoms with E-state index in [1.165, 1.54) is 10.1 Å². The minimum absolute atomic E-state index is 0.147. The molecule has 0 atom stereocenters. The maximum Gasteiger partial charge on any atom is 0.490 e. The zero-order valence-corrected chi connectivity index (χ0v) is 14.7. The van der Waals surface area contributed by atoms with E-state index in [1.54, 1.807) is 12.5 Å². The van der Waals surface area contributed by atoms with E-state index in [1.807, 2.05) is 41.1 Å². The summed E-state index contributed by atoms with van der Waals surface area (Å²) in [5, 5.41) is 2.93. The highest BCUT2D eigenvalue weighted by atomic mass is 16.2. The SMILES string of the molecule is C=[N+](CCc1ccccc1)C(=O)NCCc1cccc(-n2ccnc2)c1. The normalized spacial score (nSPS) is 10.5. The molecule has 3 aromatic rings. The van der Waals surface area contributed by atoms with E-state index >= 15 is 0 Å². The Bertz CT molecular complexity index is 857. The Labute approximate surface area is 153 Å². The molecule has 1 heterocycles. The van der Waals surface area contributed by atoms with E-state index in [9.17, 15) is 4.79 Å². The molecule has 0 aliphatic carbocycles. The lowest BCUT2D eigenvalue weighted by Crippen LogP contribution is -2.34. The van der Waals surface area contributed by atoms with Crippen LogP contribution in [0.3, 0.4) is 0 Å². The number of rotatable bonds is 7. The van der Waals surface area contributed by atoms with Crippen LogP contribution in [0.5, 0.6) is 0 Å². The summed E-state index contributed by atoms with van der Waals surface area (Å²) in [5.74, 6) is 0. The minimum atomic E-state index is -0.147. The maximum absolute atomic E-state index is 12.1. The Hall–Kier alpha value is -3.21. The number of imidazole rings is 1. The number of benzene rings is 2. The third kappa shape index (κ3) is 4.89. The first kappa shape index (κ1) is 17.6. The highest BCUT2D eigenvalue weighted by Crippen LogP contribution is 2.10. The molecule has 0 radical (unpaired) electrons. The second-order valence-electron chi connectivity index (χ2n) is 6.12. The lowest BCUT2D eigenvalue weighted by molar-refractivity contribution is -0.419. The van der Waals surface area contributed by atoms with Crippen molar-refractivity contribution in [1.82, 2.24) is 14.9 Å². The van der Waals surface area contributed by atoms with Gasteiger partial charge in [-0.15, -0.1) is 0 Å². The van der Waals surface area contributed by atoms with E-state index in [0.29, 0.717) is 13.1 Å². The van der Waals surface area contributed by atoms with E-state index in [2.05, 4.69) is 41.3 Å². The van der Waals surface area contributed by atoms with E-state index < -0.39 is 0 Å². The zero-order valence-electron chi connectivity index (χ0n) is 14.7. The van der Waals surface area contributed by atoms with Gasteiger partial charge in [-0.3, -0.25) is 0 Å². The standard InChI is InChI=1S/C21H22N4O/c1-24(14-11-18-6-3-2-4-7-18)21(26)23-12-10-19-8-5-9-20(16-19)25-15-13-22-17-25/h2-9,13,15-17H,1,10-12,14H2/p+1. The van der Waals surface area contributed by atoms with E-state index in [0.717, 1.165) is 24.1 Å². The topological polar surface area (TPSA) is 49.9 Å². The number of carbonyl (C=O) groups excluding carboxylic acids is 1. The van der Waals surface area contributed by atoms with Crippen LogP contribution in [0.4, 0.5) is 4.79 Å². The number of nitrogens with zero attached hydrogens (tertiary/aromatic N) is 3. The molecule has 0 aliphatic rings. The Morgan fingerprint density at radius 1 is 1.08 bits per heavy atom. The largest absolute Gasteiger partial charge is 0.490 e. The molecule has 5 heteroatoms. The van der Waals surface area contributed by atoms with Gasteiger partial charge in [-0.2, -0.15) is 4.79 Å². The quantitative estimate of drug-likeness (QED) is 0.527. The summed E-state index contributed by atoms with van der Waals surface area (Å²) in [6.07, 6.45) is 7.00. The van der Waals surface area contributed by atoms with E-state index in [4.69, 9.17) is 0 Å². The van der Waals surface area contributed by atoms with Crippen LogP contribution in [-0.2, 0) is 12.8 Å². The number of amides is 2. The van der Waals surface area contributed by atoms with Gasteiger partial charge in [-0.05, 0) is 23.3 Å². The summed E-state index contributed by atoms with van der Waals surface area (Å²) < 4.78 is 3.44. The maximum atomic E-state index is 12.1. The van der Waals surface area contributed by atoms with Crippen LogP contribution < -0.4 is 5.32 Å². The number of hydrogen-bond acceptors (Lipinski definition) is 2. The van der Waals surface area contributed by atoms with Gasteiger partial charge in [0, 0.05) is 30.9 Å². The molecule has 0 fully saturated rings. The molecule has 132 valence electrons. The summed E-state index contributed by atoms with van der Waals surface area (Å²) in [6, 6.07) is 18.2.